The van der Waals surface area contributed by atoms with Crippen LogP contribution in [0.2, 0.25) is 0 Å². The van der Waals surface area contributed by atoms with Gasteiger partial charge < -0.3 is 14.6 Å². The molecule has 0 fully saturated rings. The molecule has 2 aromatic heterocycles. The summed E-state index contributed by atoms with van der Waals surface area (Å²) in [5, 5.41) is 11.5. The number of methoxy groups -OCH3 is 1. The van der Waals surface area contributed by atoms with Gasteiger partial charge in [-0.1, -0.05) is 17.8 Å². The summed E-state index contributed by atoms with van der Waals surface area (Å²) in [5.74, 6) is 0.799. The van der Waals surface area contributed by atoms with E-state index in [-0.39, 0.29) is 11.9 Å². The first-order valence-corrected chi connectivity index (χ1v) is 7.86. The van der Waals surface area contributed by atoms with Gasteiger partial charge in [0.15, 0.2) is 5.16 Å². The lowest BCUT2D eigenvalue weighted by Crippen LogP contribution is -2.24. The van der Waals surface area contributed by atoms with E-state index in [1.807, 2.05) is 24.5 Å². The summed E-state index contributed by atoms with van der Waals surface area (Å²) < 4.78 is 6.92. The Balaban J connectivity index is 1.79. The lowest BCUT2D eigenvalue weighted by molar-refractivity contribution is -0.118. The highest BCUT2D eigenvalue weighted by molar-refractivity contribution is 7.99. The van der Waals surface area contributed by atoms with E-state index >= 15 is 0 Å². The smallest absolute Gasteiger partial charge is 0.230 e. The largest absolute Gasteiger partial charge is 0.481 e. The summed E-state index contributed by atoms with van der Waals surface area (Å²) in [6, 6.07) is 3.90. The Bertz CT molecular complexity index is 612. The van der Waals surface area contributed by atoms with Crippen molar-refractivity contribution in [2.24, 2.45) is 0 Å². The molecule has 0 aliphatic carbocycles. The van der Waals surface area contributed by atoms with Crippen molar-refractivity contribution in [1.82, 2.24) is 25.1 Å². The molecule has 2 aromatic rings. The minimum Gasteiger partial charge on any atom is -0.481 e. The molecular weight excluding hydrogens is 302 g/mol. The number of thioether (sulfide) groups is 1. The van der Waals surface area contributed by atoms with Gasteiger partial charge in [-0.2, -0.15) is 0 Å². The molecule has 7 nitrogen and oxygen atoms in total. The maximum absolute atomic E-state index is 11.9. The monoisotopic (exact) mass is 321 g/mol. The molecule has 8 heteroatoms. The van der Waals surface area contributed by atoms with Crippen molar-refractivity contribution >= 4 is 17.7 Å². The molecule has 118 valence electrons. The average molecular weight is 321 g/mol. The van der Waals surface area contributed by atoms with Gasteiger partial charge in [0, 0.05) is 24.8 Å². The fourth-order valence-electron chi connectivity index (χ4n) is 1.71. The fourth-order valence-corrected chi connectivity index (χ4v) is 2.58. The number of hydrogen-bond acceptors (Lipinski definition) is 6. The molecule has 0 unspecified atom stereocenters. The highest BCUT2D eigenvalue weighted by Crippen LogP contribution is 2.18. The molecule has 0 aromatic carbocycles. The van der Waals surface area contributed by atoms with Crippen molar-refractivity contribution in [2.75, 3.05) is 12.9 Å². The Labute approximate surface area is 133 Å². The Hall–Kier alpha value is -2.09. The van der Waals surface area contributed by atoms with Gasteiger partial charge in [-0.3, -0.25) is 4.79 Å². The molecule has 2 rings (SSSR count). The van der Waals surface area contributed by atoms with Gasteiger partial charge >= 0.3 is 0 Å². The summed E-state index contributed by atoms with van der Waals surface area (Å²) in [5.41, 5.74) is 0.921. The van der Waals surface area contributed by atoms with Crippen LogP contribution in [0.4, 0.5) is 0 Å². The Morgan fingerprint density at radius 2 is 2.27 bits per heavy atom. The van der Waals surface area contributed by atoms with E-state index in [9.17, 15) is 4.79 Å². The minimum atomic E-state index is -0.0564. The molecule has 1 N–H and O–H groups in total. The van der Waals surface area contributed by atoms with Crippen molar-refractivity contribution in [1.29, 1.82) is 0 Å². The second kappa shape index (κ2) is 7.79. The zero-order valence-electron chi connectivity index (χ0n) is 12.8. The number of pyridine rings is 1. The van der Waals surface area contributed by atoms with Crippen molar-refractivity contribution < 1.29 is 9.53 Å². The van der Waals surface area contributed by atoms with Crippen LogP contribution in [0, 0.1) is 0 Å². The van der Waals surface area contributed by atoms with E-state index in [1.54, 1.807) is 25.7 Å². The van der Waals surface area contributed by atoms with Crippen LogP contribution in [-0.2, 0) is 11.3 Å². The second-order valence-corrected chi connectivity index (χ2v) is 5.83. The summed E-state index contributed by atoms with van der Waals surface area (Å²) in [7, 11) is 1.57. The summed E-state index contributed by atoms with van der Waals surface area (Å²) in [4.78, 5) is 16.0. The number of aromatic nitrogens is 4. The lowest BCUT2D eigenvalue weighted by atomic mass is 10.3. The molecule has 0 saturated carbocycles. The van der Waals surface area contributed by atoms with Crippen LogP contribution < -0.4 is 10.1 Å². The second-order valence-electron chi connectivity index (χ2n) is 4.89. The van der Waals surface area contributed by atoms with Crippen LogP contribution >= 0.6 is 11.8 Å². The van der Waals surface area contributed by atoms with Crippen molar-refractivity contribution in [2.45, 2.75) is 31.6 Å². The molecule has 22 heavy (non-hydrogen) atoms. The van der Waals surface area contributed by atoms with E-state index in [4.69, 9.17) is 4.74 Å². The van der Waals surface area contributed by atoms with Crippen LogP contribution in [-0.4, -0.2) is 38.5 Å². The number of nitrogens with one attached hydrogen (secondary N) is 1. The fraction of sp³-hybridized carbons (Fsp3) is 0.429. The lowest BCUT2D eigenvalue weighted by Gasteiger charge is -2.09. The molecule has 0 spiro atoms. The number of rotatable bonds is 7. The quantitative estimate of drug-likeness (QED) is 0.781. The number of nitrogens with zero attached hydrogens (tertiary/aromatic N) is 4. The van der Waals surface area contributed by atoms with Crippen LogP contribution in [0.1, 0.15) is 25.5 Å². The van der Waals surface area contributed by atoms with Crippen LogP contribution in [0.5, 0.6) is 5.88 Å². The van der Waals surface area contributed by atoms with Gasteiger partial charge in [0.05, 0.1) is 12.9 Å². The molecule has 0 aliphatic rings. The third kappa shape index (κ3) is 4.45. The Morgan fingerprint density at radius 1 is 1.45 bits per heavy atom. The van der Waals surface area contributed by atoms with Gasteiger partial charge in [0.1, 0.15) is 6.33 Å². The maximum atomic E-state index is 11.9. The van der Waals surface area contributed by atoms with Crippen molar-refractivity contribution in [3.05, 3.63) is 30.2 Å². The third-order valence-corrected chi connectivity index (χ3v) is 3.88. The first-order chi connectivity index (χ1) is 10.6. The standard InChI is InChI=1S/C14H19N5O2S/c1-10(2)19-9-17-18-14(19)22-8-12(20)15-6-11-4-5-13(21-3)16-7-11/h4-5,7,9-10H,6,8H2,1-3H3,(H,15,20). The number of ether oxygens (including phenoxy) is 1. The van der Waals surface area contributed by atoms with Gasteiger partial charge in [0.25, 0.3) is 0 Å². The van der Waals surface area contributed by atoms with E-state index in [2.05, 4.69) is 20.5 Å². The molecule has 0 radical (unpaired) electrons. The number of amides is 1. The number of hydrogen-bond donors (Lipinski definition) is 1. The van der Waals surface area contributed by atoms with Crippen LogP contribution in [0.25, 0.3) is 0 Å². The predicted octanol–water partition coefficient (Wildman–Crippen LogP) is 1.67. The predicted molar refractivity (Wildman–Crippen MR) is 83.8 cm³/mol. The van der Waals surface area contributed by atoms with Crippen LogP contribution in [0.15, 0.2) is 29.8 Å². The molecule has 0 atom stereocenters. The van der Waals surface area contributed by atoms with Gasteiger partial charge in [-0.15, -0.1) is 10.2 Å². The zero-order chi connectivity index (χ0) is 15.9. The summed E-state index contributed by atoms with van der Waals surface area (Å²) in [6.45, 7) is 4.53. The first-order valence-electron chi connectivity index (χ1n) is 6.88. The summed E-state index contributed by atoms with van der Waals surface area (Å²) in [6.07, 6.45) is 3.36. The SMILES string of the molecule is COc1ccc(CNC(=O)CSc2nncn2C(C)C)cn1. The maximum Gasteiger partial charge on any atom is 0.230 e. The Morgan fingerprint density at radius 3 is 2.91 bits per heavy atom. The highest BCUT2D eigenvalue weighted by Gasteiger charge is 2.10. The zero-order valence-corrected chi connectivity index (χ0v) is 13.6. The van der Waals surface area contributed by atoms with E-state index < -0.39 is 0 Å². The van der Waals surface area contributed by atoms with Crippen LogP contribution in [0.3, 0.4) is 0 Å². The first kappa shape index (κ1) is 16.3. The highest BCUT2D eigenvalue weighted by atomic mass is 32.2. The van der Waals surface area contributed by atoms with E-state index in [0.717, 1.165) is 10.7 Å². The number of carbonyl (C=O) groups is 1. The molecular formula is C14H19N5O2S. The average Bonchev–Trinajstić information content (AvgIpc) is 3.00. The molecule has 0 bridgehead atoms. The molecule has 0 saturated heterocycles. The van der Waals surface area contributed by atoms with Crippen molar-refractivity contribution in [3.8, 4) is 5.88 Å². The summed E-state index contributed by atoms with van der Waals surface area (Å²) >= 11 is 1.37. The molecule has 1 amide bonds. The minimum absolute atomic E-state index is 0.0564. The normalized spacial score (nSPS) is 10.7. The molecule has 2 heterocycles. The third-order valence-electron chi connectivity index (χ3n) is 2.93. The van der Waals surface area contributed by atoms with Gasteiger partial charge in [-0.05, 0) is 19.4 Å². The molecule has 0 aliphatic heterocycles. The number of carbonyl (C=O) groups excluding carboxylic acids is 1. The van der Waals surface area contributed by atoms with E-state index in [0.29, 0.717) is 18.2 Å². The van der Waals surface area contributed by atoms with Gasteiger partial charge in [-0.25, -0.2) is 4.98 Å². The topological polar surface area (TPSA) is 81.9 Å². The Kier molecular flexibility index (Phi) is 5.76. The van der Waals surface area contributed by atoms with Gasteiger partial charge in [0.2, 0.25) is 11.8 Å². The van der Waals surface area contributed by atoms with Crippen molar-refractivity contribution in [3.63, 3.8) is 0 Å². The van der Waals surface area contributed by atoms with E-state index in [1.165, 1.54) is 11.8 Å².